The number of amides is 1. The Hall–Kier alpha value is -1.88. The topological polar surface area (TPSA) is 76.1 Å². The summed E-state index contributed by atoms with van der Waals surface area (Å²) in [5, 5.41) is 10.1. The number of nitrogens with zero attached hydrogens (tertiary/aromatic N) is 1. The second kappa shape index (κ2) is 11.7. The first kappa shape index (κ1) is 27.2. The third kappa shape index (κ3) is 6.90. The molecule has 0 spiro atoms. The predicted molar refractivity (Wildman–Crippen MR) is 143 cm³/mol. The second-order valence-corrected chi connectivity index (χ2v) is 12.9. The van der Waals surface area contributed by atoms with E-state index < -0.39 is 5.97 Å². The highest BCUT2D eigenvalue weighted by Crippen LogP contribution is 2.39. The molecule has 198 valence electrons. The number of carboxylic acids is 1. The number of carbonyl (C=O) groups is 2. The Morgan fingerprint density at radius 2 is 1.75 bits per heavy atom. The second-order valence-electron chi connectivity index (χ2n) is 11.8. The summed E-state index contributed by atoms with van der Waals surface area (Å²) in [7, 11) is 0. The summed E-state index contributed by atoms with van der Waals surface area (Å²) in [5.74, 6) is 6.07. The maximum Gasteiger partial charge on any atom is 0.348 e. The van der Waals surface area contributed by atoms with Gasteiger partial charge >= 0.3 is 5.97 Å². The van der Waals surface area contributed by atoms with Crippen molar-refractivity contribution in [3.8, 4) is 11.8 Å². The average Bonchev–Trinajstić information content (AvgIpc) is 3.49. The molecule has 4 rings (SSSR count). The lowest BCUT2D eigenvalue weighted by molar-refractivity contribution is -0.124. The van der Waals surface area contributed by atoms with Crippen LogP contribution in [0.4, 0.5) is 5.69 Å². The van der Waals surface area contributed by atoms with Gasteiger partial charge in [0.25, 0.3) is 0 Å². The Balaban J connectivity index is 1.60. The molecule has 1 unspecified atom stereocenters. The summed E-state index contributed by atoms with van der Waals surface area (Å²) >= 11 is 1.18. The van der Waals surface area contributed by atoms with Crippen LogP contribution in [-0.4, -0.2) is 48.4 Å². The molecule has 36 heavy (non-hydrogen) atoms. The number of hydrogen-bond donors (Lipinski definition) is 1. The Morgan fingerprint density at radius 3 is 2.33 bits per heavy atom. The van der Waals surface area contributed by atoms with Crippen LogP contribution in [0.1, 0.15) is 100 Å². The van der Waals surface area contributed by atoms with Crippen molar-refractivity contribution in [3.63, 3.8) is 0 Å². The first-order valence-corrected chi connectivity index (χ1v) is 14.4. The zero-order valence-corrected chi connectivity index (χ0v) is 23.0. The minimum absolute atomic E-state index is 0.0207. The molecule has 2 heterocycles. The van der Waals surface area contributed by atoms with Crippen LogP contribution in [0.5, 0.6) is 0 Å². The standard InChI is InChI=1S/C29H41NO5S/c1-19-5-7-20(8-6-19)27(31)30(21-9-11-22(12-10-21)35-23-14-16-34-18-23)25-17-24(13-15-29(2,3)4)36-26(25)28(32)33/h17,19-23H,5-12,14,16,18H2,1-4H3,(H,32,33)/t19-,20-,21-,22-,23?. The van der Waals surface area contributed by atoms with Gasteiger partial charge in [-0.25, -0.2) is 4.79 Å². The molecule has 1 atom stereocenters. The van der Waals surface area contributed by atoms with Crippen molar-refractivity contribution in [2.45, 2.75) is 104 Å². The van der Waals surface area contributed by atoms with Gasteiger partial charge in [-0.15, -0.1) is 11.3 Å². The molecule has 1 aromatic rings. The summed E-state index contributed by atoms with van der Waals surface area (Å²) in [6, 6.07) is 1.82. The number of carbonyl (C=O) groups excluding carboxylic acids is 1. The van der Waals surface area contributed by atoms with Crippen LogP contribution in [0, 0.1) is 29.1 Å². The van der Waals surface area contributed by atoms with Gasteiger partial charge in [0.05, 0.1) is 29.4 Å². The van der Waals surface area contributed by atoms with Crippen molar-refractivity contribution in [3.05, 3.63) is 15.8 Å². The first-order chi connectivity index (χ1) is 17.1. The molecule has 2 aliphatic carbocycles. The largest absolute Gasteiger partial charge is 0.477 e. The fourth-order valence-electron chi connectivity index (χ4n) is 5.56. The normalized spacial score (nSPS) is 28.8. The maximum absolute atomic E-state index is 14.0. The Morgan fingerprint density at radius 1 is 1.06 bits per heavy atom. The number of hydrogen-bond acceptors (Lipinski definition) is 5. The van der Waals surface area contributed by atoms with E-state index in [-0.39, 0.29) is 40.4 Å². The Bertz CT molecular complexity index is 978. The highest BCUT2D eigenvalue weighted by atomic mass is 32.1. The highest BCUT2D eigenvalue weighted by Gasteiger charge is 2.38. The van der Waals surface area contributed by atoms with Crippen molar-refractivity contribution in [2.24, 2.45) is 17.3 Å². The summed E-state index contributed by atoms with van der Waals surface area (Å²) in [5.41, 5.74) is 0.341. The molecule has 6 nitrogen and oxygen atoms in total. The van der Waals surface area contributed by atoms with Crippen LogP contribution in [-0.2, 0) is 14.3 Å². The van der Waals surface area contributed by atoms with E-state index in [0.29, 0.717) is 23.1 Å². The van der Waals surface area contributed by atoms with E-state index in [1.807, 2.05) is 31.7 Å². The van der Waals surface area contributed by atoms with Crippen LogP contribution >= 0.6 is 11.3 Å². The van der Waals surface area contributed by atoms with Crippen LogP contribution in [0.3, 0.4) is 0 Å². The van der Waals surface area contributed by atoms with E-state index in [4.69, 9.17) is 9.47 Å². The molecule has 0 radical (unpaired) electrons. The van der Waals surface area contributed by atoms with E-state index in [2.05, 4.69) is 18.8 Å². The van der Waals surface area contributed by atoms with Crippen molar-refractivity contribution in [1.29, 1.82) is 0 Å². The summed E-state index contributed by atoms with van der Waals surface area (Å²) in [4.78, 5) is 29.1. The lowest BCUT2D eigenvalue weighted by Gasteiger charge is -2.39. The average molecular weight is 516 g/mol. The van der Waals surface area contributed by atoms with Gasteiger partial charge in [-0.05, 0) is 90.5 Å². The van der Waals surface area contributed by atoms with Gasteiger partial charge < -0.3 is 19.5 Å². The molecule has 0 bridgehead atoms. The van der Waals surface area contributed by atoms with Crippen LogP contribution in [0.2, 0.25) is 0 Å². The number of aromatic carboxylic acids is 1. The SMILES string of the molecule is CC(C)(C)C#Cc1cc(N(C(=O)[C@H]2CC[C@H](C)CC2)[C@H]2CC[C@H](OC3CCOC3)CC2)c(C(=O)O)s1. The van der Waals surface area contributed by atoms with Gasteiger partial charge in [-0.1, -0.05) is 18.8 Å². The predicted octanol–water partition coefficient (Wildman–Crippen LogP) is 6.12. The lowest BCUT2D eigenvalue weighted by Crippen LogP contribution is -2.47. The third-order valence-electron chi connectivity index (χ3n) is 7.61. The maximum atomic E-state index is 14.0. The number of ether oxygens (including phenoxy) is 2. The van der Waals surface area contributed by atoms with Gasteiger partial charge in [0.2, 0.25) is 5.91 Å². The molecule has 1 amide bonds. The summed E-state index contributed by atoms with van der Waals surface area (Å²) in [6.07, 6.45) is 8.50. The van der Waals surface area contributed by atoms with Crippen molar-refractivity contribution >= 4 is 28.9 Å². The van der Waals surface area contributed by atoms with E-state index in [0.717, 1.165) is 64.4 Å². The Kier molecular flexibility index (Phi) is 8.80. The molecular weight excluding hydrogens is 474 g/mol. The number of anilines is 1. The number of rotatable bonds is 6. The number of thiophene rings is 1. The molecule has 0 aromatic carbocycles. The molecule has 3 aliphatic rings. The van der Waals surface area contributed by atoms with Gasteiger partial charge in [0, 0.05) is 24.0 Å². The fraction of sp³-hybridized carbons (Fsp3) is 0.724. The van der Waals surface area contributed by atoms with E-state index in [1.54, 1.807) is 0 Å². The highest BCUT2D eigenvalue weighted by molar-refractivity contribution is 7.15. The molecule has 3 fully saturated rings. The minimum Gasteiger partial charge on any atom is -0.477 e. The van der Waals surface area contributed by atoms with Crippen LogP contribution < -0.4 is 4.90 Å². The zero-order chi connectivity index (χ0) is 25.9. The third-order valence-corrected chi connectivity index (χ3v) is 8.64. The van der Waals surface area contributed by atoms with Crippen molar-refractivity contribution < 1.29 is 24.2 Å². The zero-order valence-electron chi connectivity index (χ0n) is 22.2. The molecule has 7 heteroatoms. The molecule has 1 N–H and O–H groups in total. The Labute approximate surface area is 219 Å². The smallest absolute Gasteiger partial charge is 0.348 e. The fourth-order valence-corrected chi connectivity index (χ4v) is 6.40. The quantitative estimate of drug-likeness (QED) is 0.462. The lowest BCUT2D eigenvalue weighted by atomic mass is 9.81. The molecule has 1 aliphatic heterocycles. The minimum atomic E-state index is -0.993. The van der Waals surface area contributed by atoms with Gasteiger partial charge in [-0.3, -0.25) is 4.79 Å². The van der Waals surface area contributed by atoms with Crippen LogP contribution in [0.25, 0.3) is 0 Å². The molecule has 2 saturated carbocycles. The first-order valence-electron chi connectivity index (χ1n) is 13.6. The molecular formula is C29H41NO5S. The van der Waals surface area contributed by atoms with E-state index in [1.165, 1.54) is 11.3 Å². The number of carboxylic acid groups (broad SMARTS) is 1. The molecule has 1 aromatic heterocycles. The van der Waals surface area contributed by atoms with Crippen LogP contribution in [0.15, 0.2) is 6.07 Å². The van der Waals surface area contributed by atoms with Gasteiger partial charge in [-0.2, -0.15) is 0 Å². The summed E-state index contributed by atoms with van der Waals surface area (Å²) in [6.45, 7) is 9.77. The van der Waals surface area contributed by atoms with E-state index in [9.17, 15) is 14.7 Å². The van der Waals surface area contributed by atoms with Gasteiger partial charge in [0.1, 0.15) is 4.88 Å². The van der Waals surface area contributed by atoms with Crippen molar-refractivity contribution in [1.82, 2.24) is 0 Å². The summed E-state index contributed by atoms with van der Waals surface area (Å²) < 4.78 is 11.7. The van der Waals surface area contributed by atoms with E-state index >= 15 is 0 Å². The molecule has 1 saturated heterocycles. The van der Waals surface area contributed by atoms with Crippen molar-refractivity contribution in [2.75, 3.05) is 18.1 Å². The van der Waals surface area contributed by atoms with Gasteiger partial charge in [0.15, 0.2) is 0 Å². The monoisotopic (exact) mass is 515 g/mol.